The van der Waals surface area contributed by atoms with Crippen LogP contribution in [-0.2, 0) is 16.0 Å². The second kappa shape index (κ2) is 7.19. The highest BCUT2D eigenvalue weighted by Crippen LogP contribution is 2.47. The third-order valence-corrected chi connectivity index (χ3v) is 3.47. The van der Waals surface area contributed by atoms with E-state index in [4.69, 9.17) is 48.6 Å². The monoisotopic (exact) mass is 344 g/mol. The van der Waals surface area contributed by atoms with E-state index in [-0.39, 0.29) is 0 Å². The van der Waals surface area contributed by atoms with Gasteiger partial charge in [-0.25, -0.2) is 0 Å². The molecule has 0 aromatic carbocycles. The van der Waals surface area contributed by atoms with E-state index < -0.39 is 37.3 Å². The smallest absolute Gasteiger partial charge is 0.532 e. The van der Waals surface area contributed by atoms with E-state index in [0.717, 1.165) is 0 Å². The number of ether oxygens (including phenoxy) is 1. The van der Waals surface area contributed by atoms with E-state index >= 15 is 0 Å². The summed E-state index contributed by atoms with van der Waals surface area (Å²) in [5, 5.41) is 44.4. The first-order valence-corrected chi connectivity index (χ1v) is 6.92. The highest BCUT2D eigenvalue weighted by Gasteiger charge is 2.44. The van der Waals surface area contributed by atoms with Gasteiger partial charge in [-0.2, -0.15) is 0 Å². The van der Waals surface area contributed by atoms with Crippen molar-refractivity contribution >= 4 is 15.4 Å². The lowest BCUT2D eigenvalue weighted by molar-refractivity contribution is -0.150. The summed E-state index contributed by atoms with van der Waals surface area (Å²) in [6.07, 6.45) is -6.75. The molecule has 1 aromatic rings. The van der Waals surface area contributed by atoms with E-state index in [1.165, 1.54) is 15.4 Å². The van der Waals surface area contributed by atoms with Crippen molar-refractivity contribution < 1.29 is 53.3 Å². The fraction of sp³-hybridized carbons (Fsp3) is 0.636. The first kappa shape index (κ1) is 17.4. The van der Waals surface area contributed by atoms with Crippen LogP contribution < -0.4 is 14.0 Å². The highest BCUT2D eigenvalue weighted by atomic mass is 16.7. The lowest BCUT2D eigenvalue weighted by atomic mass is 10.1. The van der Waals surface area contributed by atoms with Gasteiger partial charge in [0.15, 0.2) is 17.8 Å². The second-order valence-electron chi connectivity index (χ2n) is 5.05. The Hall–Kier alpha value is -1.47. The molecule has 5 N–H and O–H groups in total. The van der Waals surface area contributed by atoms with Crippen LogP contribution >= 0.6 is 0 Å². The summed E-state index contributed by atoms with van der Waals surface area (Å²) >= 11 is 0. The topological polar surface area (TPSA) is 160 Å². The van der Waals surface area contributed by atoms with Crippen molar-refractivity contribution in [1.29, 1.82) is 0 Å². The predicted molar refractivity (Wildman–Crippen MR) is 72.9 cm³/mol. The molecule has 1 saturated heterocycles. The van der Waals surface area contributed by atoms with Crippen molar-refractivity contribution in [3.05, 3.63) is 5.76 Å². The molecule has 3 aliphatic rings. The van der Waals surface area contributed by atoms with Crippen LogP contribution in [0, 0.1) is 0 Å². The maximum absolute atomic E-state index is 9.12. The Morgan fingerprint density at radius 2 is 1.79 bits per heavy atom. The molecule has 0 saturated carbocycles. The number of hydrogen-bond donors (Lipinski definition) is 5. The van der Waals surface area contributed by atoms with Gasteiger partial charge in [0.2, 0.25) is 5.75 Å². The molecule has 0 amide bonds. The summed E-state index contributed by atoms with van der Waals surface area (Å²) in [4.78, 5) is 0. The zero-order valence-electron chi connectivity index (χ0n) is 12.1. The van der Waals surface area contributed by atoms with Crippen LogP contribution in [0.5, 0.6) is 17.4 Å². The molecule has 130 valence electrons. The summed E-state index contributed by atoms with van der Waals surface area (Å²) in [5.41, 5.74) is 0. The molecule has 0 bridgehead atoms. The zero-order valence-corrected chi connectivity index (χ0v) is 12.1. The first-order valence-electron chi connectivity index (χ1n) is 6.92. The van der Waals surface area contributed by atoms with Crippen LogP contribution in [0.2, 0.25) is 0 Å². The minimum absolute atomic E-state index is 0.318. The molecule has 1 aromatic heterocycles. The van der Waals surface area contributed by atoms with Crippen molar-refractivity contribution in [2.24, 2.45) is 0 Å². The zero-order chi connectivity index (χ0) is 17.3. The Balaban J connectivity index is 0.000000141. The molecule has 11 nitrogen and oxygen atoms in total. The van der Waals surface area contributed by atoms with Crippen molar-refractivity contribution in [3.8, 4) is 17.4 Å². The standard InChI is InChI=1S/C6H12O6.C5H2B2O5/c7-1-2(8)5-3(9)4(10)6(11)12-5;1-2-3(10-6-8-1)4-5(9-2)12-7-11-4/h2-11H,1H2;1H2/t2-,3-,4-,5-,6+;/m1./s1. The Labute approximate surface area is 136 Å². The molecule has 2 radical (unpaired) electrons. The van der Waals surface area contributed by atoms with Gasteiger partial charge in [0, 0.05) is 0 Å². The molecule has 0 spiro atoms. The number of hydrogen-bond acceptors (Lipinski definition) is 11. The van der Waals surface area contributed by atoms with Crippen LogP contribution in [0.25, 0.3) is 0 Å². The van der Waals surface area contributed by atoms with Gasteiger partial charge in [-0.05, 0) is 0 Å². The maximum Gasteiger partial charge on any atom is 0.660 e. The first-order chi connectivity index (χ1) is 11.5. The van der Waals surface area contributed by atoms with Crippen LogP contribution in [-0.4, -0.2) is 78.2 Å². The summed E-state index contributed by atoms with van der Waals surface area (Å²) in [6, 6.07) is 0. The van der Waals surface area contributed by atoms with E-state index in [1.54, 1.807) is 0 Å². The molecule has 5 atom stereocenters. The van der Waals surface area contributed by atoms with Crippen LogP contribution in [0.3, 0.4) is 0 Å². The Morgan fingerprint density at radius 3 is 2.46 bits per heavy atom. The highest BCUT2D eigenvalue weighted by molar-refractivity contribution is 6.23. The van der Waals surface area contributed by atoms with Crippen molar-refractivity contribution in [2.45, 2.75) is 37.3 Å². The van der Waals surface area contributed by atoms with E-state index in [2.05, 4.69) is 4.74 Å². The van der Waals surface area contributed by atoms with Gasteiger partial charge in [0.1, 0.15) is 24.4 Å². The fourth-order valence-corrected chi connectivity index (χ4v) is 2.23. The second-order valence-corrected chi connectivity index (χ2v) is 5.05. The molecule has 0 unspecified atom stereocenters. The van der Waals surface area contributed by atoms with Gasteiger partial charge in [-0.1, -0.05) is 0 Å². The van der Waals surface area contributed by atoms with E-state index in [0.29, 0.717) is 29.8 Å². The van der Waals surface area contributed by atoms with Crippen molar-refractivity contribution in [1.82, 2.24) is 0 Å². The number of furan rings is 1. The number of aliphatic hydroxyl groups is 5. The van der Waals surface area contributed by atoms with Crippen LogP contribution in [0.15, 0.2) is 4.42 Å². The fourth-order valence-electron chi connectivity index (χ4n) is 2.23. The third-order valence-electron chi connectivity index (χ3n) is 3.47. The molecule has 0 aliphatic carbocycles. The average molecular weight is 344 g/mol. The molecule has 13 heteroatoms. The Bertz CT molecular complexity index is 566. The number of rotatable bonds is 2. The molecule has 4 rings (SSSR count). The van der Waals surface area contributed by atoms with Crippen LogP contribution in [0.1, 0.15) is 5.76 Å². The summed E-state index contributed by atoms with van der Waals surface area (Å²) in [5.74, 6) is 1.91. The molecule has 3 aliphatic heterocycles. The van der Waals surface area contributed by atoms with Gasteiger partial charge in [0.25, 0.3) is 0 Å². The quantitative estimate of drug-likeness (QED) is 0.344. The number of fused-ring (bicyclic) bond motifs is 3. The van der Waals surface area contributed by atoms with Gasteiger partial charge in [-0.15, -0.1) is 0 Å². The predicted octanol–water partition coefficient (Wildman–Crippen LogP) is -3.19. The van der Waals surface area contributed by atoms with Gasteiger partial charge in [-0.3, -0.25) is 0 Å². The summed E-state index contributed by atoms with van der Waals surface area (Å²) in [6.45, 7) is -0.254. The molecule has 1 fully saturated rings. The third kappa shape index (κ3) is 3.19. The van der Waals surface area contributed by atoms with Gasteiger partial charge in [0.05, 0.1) is 13.2 Å². The van der Waals surface area contributed by atoms with E-state index in [9.17, 15) is 0 Å². The van der Waals surface area contributed by atoms with Crippen molar-refractivity contribution in [3.63, 3.8) is 0 Å². The average Bonchev–Trinajstić information content (AvgIpc) is 3.25. The lowest BCUT2D eigenvalue weighted by Gasteiger charge is -2.18. The van der Waals surface area contributed by atoms with Crippen LogP contribution in [0.4, 0.5) is 0 Å². The van der Waals surface area contributed by atoms with E-state index in [1.807, 2.05) is 0 Å². The summed E-state index contributed by atoms with van der Waals surface area (Å²) in [7, 11) is 2.42. The summed E-state index contributed by atoms with van der Waals surface area (Å²) < 4.78 is 29.6. The minimum Gasteiger partial charge on any atom is -0.532 e. The Morgan fingerprint density at radius 1 is 1.04 bits per heavy atom. The number of aliphatic hydroxyl groups excluding tert-OH is 5. The normalized spacial score (nSPS) is 31.0. The Kier molecular flexibility index (Phi) is 5.20. The maximum atomic E-state index is 9.12. The SMILES string of the molecule is OC[C@@H](O)[C@H]1O[C@H](O)[C@H](O)[C@H]1O.[B]1OCc2oc3c(c2O1)O[B]O3. The minimum atomic E-state index is -1.51. The van der Waals surface area contributed by atoms with Crippen molar-refractivity contribution in [2.75, 3.05) is 6.61 Å². The molecular weight excluding hydrogens is 330 g/mol. The molecule has 4 heterocycles. The van der Waals surface area contributed by atoms with Gasteiger partial charge >= 0.3 is 21.3 Å². The largest absolute Gasteiger partial charge is 0.660 e. The molecule has 24 heavy (non-hydrogen) atoms. The molecular formula is C11H14B2O11. The lowest BCUT2D eigenvalue weighted by Crippen LogP contribution is -2.40. The van der Waals surface area contributed by atoms with Gasteiger partial charge < -0.3 is 53.3 Å².